The van der Waals surface area contributed by atoms with Crippen molar-refractivity contribution in [1.29, 1.82) is 0 Å². The monoisotopic (exact) mass is 421 g/mol. The van der Waals surface area contributed by atoms with Gasteiger partial charge in [-0.1, -0.05) is 55.3 Å². The number of ether oxygens (including phenoxy) is 1. The van der Waals surface area contributed by atoms with Gasteiger partial charge in [0, 0.05) is 25.8 Å². The van der Waals surface area contributed by atoms with Crippen LogP contribution in [0.3, 0.4) is 0 Å². The number of para-hydroxylation sites is 2. The lowest BCUT2D eigenvalue weighted by molar-refractivity contribution is -0.124. The fourth-order valence-corrected chi connectivity index (χ4v) is 3.42. The highest BCUT2D eigenvalue weighted by Gasteiger charge is 2.05. The summed E-state index contributed by atoms with van der Waals surface area (Å²) >= 11 is 0. The quantitative estimate of drug-likeness (QED) is 0.379. The van der Waals surface area contributed by atoms with E-state index < -0.39 is 0 Å². The van der Waals surface area contributed by atoms with Gasteiger partial charge in [-0.05, 0) is 30.5 Å². The van der Waals surface area contributed by atoms with Crippen LogP contribution in [-0.2, 0) is 27.4 Å². The molecule has 1 amide bonds. The molecule has 0 aliphatic heterocycles. The second kappa shape index (κ2) is 12.6. The Labute approximate surface area is 183 Å². The number of benzene rings is 2. The number of carbonyl (C=O) groups excluding carboxylic acids is 2. The molecule has 0 atom stereocenters. The molecule has 164 valence electrons. The maximum atomic E-state index is 12.0. The van der Waals surface area contributed by atoms with E-state index in [0.29, 0.717) is 32.4 Å². The Kier molecular flexibility index (Phi) is 9.26. The van der Waals surface area contributed by atoms with Gasteiger partial charge < -0.3 is 15.0 Å². The first-order valence-corrected chi connectivity index (χ1v) is 11.0. The number of nitrogens with one attached hydrogen (secondary N) is 2. The number of rotatable bonds is 14. The molecule has 3 rings (SSSR count). The van der Waals surface area contributed by atoms with Crippen molar-refractivity contribution in [3.05, 3.63) is 66.0 Å². The average Bonchev–Trinajstić information content (AvgIpc) is 3.20. The normalized spacial score (nSPS) is 11.0. The molecule has 0 fully saturated rings. The molecule has 0 saturated carbocycles. The highest BCUT2D eigenvalue weighted by molar-refractivity contribution is 5.79. The third-order valence-electron chi connectivity index (χ3n) is 5.11. The molecular formula is C25H31N3O3. The first kappa shape index (κ1) is 22.7. The lowest BCUT2D eigenvalue weighted by Gasteiger charge is -2.05. The summed E-state index contributed by atoms with van der Waals surface area (Å²) in [6.45, 7) is 1.22. The number of ketones is 1. The standard InChI is InChI=1S/C25H31N3O3/c29-21(19-31-18-20-10-4-3-5-11-20)12-6-1-2-7-15-25(30)26-17-16-24-27-22-13-8-9-14-23(22)28-24/h3-5,8-11,13-14H,1-2,6-7,12,15-19H2,(H,26,30)(H,27,28). The van der Waals surface area contributed by atoms with Crippen LogP contribution in [-0.4, -0.2) is 34.8 Å². The Bertz CT molecular complexity index is 920. The second-order valence-electron chi connectivity index (χ2n) is 7.73. The zero-order valence-electron chi connectivity index (χ0n) is 17.9. The van der Waals surface area contributed by atoms with Crippen LogP contribution in [0.15, 0.2) is 54.6 Å². The highest BCUT2D eigenvalue weighted by Crippen LogP contribution is 2.10. The zero-order chi connectivity index (χ0) is 21.7. The molecule has 6 heteroatoms. The van der Waals surface area contributed by atoms with Crippen LogP contribution in [0.1, 0.15) is 49.9 Å². The number of Topliss-reactive ketones (excluding diaryl/α,β-unsaturated/α-hetero) is 1. The van der Waals surface area contributed by atoms with Gasteiger partial charge in [-0.3, -0.25) is 9.59 Å². The smallest absolute Gasteiger partial charge is 0.220 e. The number of carbonyl (C=O) groups is 2. The Morgan fingerprint density at radius 2 is 1.65 bits per heavy atom. The predicted molar refractivity (Wildman–Crippen MR) is 122 cm³/mol. The molecule has 31 heavy (non-hydrogen) atoms. The minimum absolute atomic E-state index is 0.0708. The maximum absolute atomic E-state index is 12.0. The van der Waals surface area contributed by atoms with E-state index in [9.17, 15) is 9.59 Å². The molecule has 0 radical (unpaired) electrons. The van der Waals surface area contributed by atoms with Crippen molar-refractivity contribution < 1.29 is 14.3 Å². The number of fused-ring (bicyclic) bond motifs is 1. The summed E-state index contributed by atoms with van der Waals surface area (Å²) in [6.07, 6.45) is 5.35. The predicted octanol–water partition coefficient (Wildman–Crippen LogP) is 4.35. The molecule has 0 spiro atoms. The minimum atomic E-state index is 0.0708. The number of aromatic amines is 1. The van der Waals surface area contributed by atoms with E-state index in [0.717, 1.165) is 48.1 Å². The van der Waals surface area contributed by atoms with E-state index in [1.807, 2.05) is 54.6 Å². The SMILES string of the molecule is O=C(CCCCCCC(=O)NCCc1nc2ccccc2[nH]1)COCc1ccccc1. The fraction of sp³-hybridized carbons (Fsp3) is 0.400. The average molecular weight is 422 g/mol. The number of H-pyrrole nitrogens is 1. The number of hydrogen-bond acceptors (Lipinski definition) is 4. The molecule has 3 aromatic rings. The maximum Gasteiger partial charge on any atom is 0.220 e. The lowest BCUT2D eigenvalue weighted by Crippen LogP contribution is -2.25. The van der Waals surface area contributed by atoms with E-state index in [1.54, 1.807) is 0 Å². The number of hydrogen-bond donors (Lipinski definition) is 2. The van der Waals surface area contributed by atoms with Crippen LogP contribution in [0.4, 0.5) is 0 Å². The summed E-state index contributed by atoms with van der Waals surface area (Å²) in [5.74, 6) is 1.10. The van der Waals surface area contributed by atoms with E-state index in [1.165, 1.54) is 0 Å². The molecule has 0 aliphatic carbocycles. The number of aromatic nitrogens is 2. The van der Waals surface area contributed by atoms with Crippen molar-refractivity contribution in [3.63, 3.8) is 0 Å². The molecule has 0 saturated heterocycles. The molecule has 1 heterocycles. The van der Waals surface area contributed by atoms with Crippen LogP contribution in [0.2, 0.25) is 0 Å². The van der Waals surface area contributed by atoms with Gasteiger partial charge in [0.2, 0.25) is 5.91 Å². The Morgan fingerprint density at radius 1 is 0.903 bits per heavy atom. The molecule has 2 aromatic carbocycles. The third-order valence-corrected chi connectivity index (χ3v) is 5.11. The van der Waals surface area contributed by atoms with Crippen LogP contribution in [0.25, 0.3) is 11.0 Å². The van der Waals surface area contributed by atoms with Crippen molar-refractivity contribution in [1.82, 2.24) is 15.3 Å². The van der Waals surface area contributed by atoms with Crippen LogP contribution < -0.4 is 5.32 Å². The van der Waals surface area contributed by atoms with Gasteiger partial charge in [0.1, 0.15) is 12.4 Å². The van der Waals surface area contributed by atoms with Gasteiger partial charge in [-0.15, -0.1) is 0 Å². The number of nitrogens with zero attached hydrogens (tertiary/aromatic N) is 1. The number of unbranched alkanes of at least 4 members (excludes halogenated alkanes) is 3. The molecule has 1 aromatic heterocycles. The van der Waals surface area contributed by atoms with Crippen LogP contribution in [0, 0.1) is 0 Å². The van der Waals surface area contributed by atoms with Gasteiger partial charge in [-0.2, -0.15) is 0 Å². The van der Waals surface area contributed by atoms with E-state index in [4.69, 9.17) is 4.74 Å². The highest BCUT2D eigenvalue weighted by atomic mass is 16.5. The van der Waals surface area contributed by atoms with Crippen molar-refractivity contribution in [2.45, 2.75) is 51.6 Å². The van der Waals surface area contributed by atoms with Gasteiger partial charge >= 0.3 is 0 Å². The summed E-state index contributed by atoms with van der Waals surface area (Å²) in [7, 11) is 0. The second-order valence-corrected chi connectivity index (χ2v) is 7.73. The van der Waals surface area contributed by atoms with E-state index in [-0.39, 0.29) is 18.3 Å². The first-order valence-electron chi connectivity index (χ1n) is 11.0. The molecule has 6 nitrogen and oxygen atoms in total. The van der Waals surface area contributed by atoms with Crippen molar-refractivity contribution in [3.8, 4) is 0 Å². The van der Waals surface area contributed by atoms with Gasteiger partial charge in [0.25, 0.3) is 0 Å². The lowest BCUT2D eigenvalue weighted by atomic mass is 10.1. The zero-order valence-corrected chi connectivity index (χ0v) is 17.9. The topological polar surface area (TPSA) is 84.1 Å². The third kappa shape index (κ3) is 8.34. The van der Waals surface area contributed by atoms with Crippen LogP contribution in [0.5, 0.6) is 0 Å². The summed E-state index contributed by atoms with van der Waals surface area (Å²) in [4.78, 5) is 31.6. The Balaban J connectivity index is 1.16. The van der Waals surface area contributed by atoms with Gasteiger partial charge in [0.15, 0.2) is 5.78 Å². The summed E-state index contributed by atoms with van der Waals surface area (Å²) in [5.41, 5.74) is 3.04. The molecular weight excluding hydrogens is 390 g/mol. The van der Waals surface area contributed by atoms with Crippen LogP contribution >= 0.6 is 0 Å². The first-order chi connectivity index (χ1) is 15.2. The van der Waals surface area contributed by atoms with Crippen molar-refractivity contribution in [2.24, 2.45) is 0 Å². The fourth-order valence-electron chi connectivity index (χ4n) is 3.42. The molecule has 0 unspecified atom stereocenters. The number of amides is 1. The van der Waals surface area contributed by atoms with Gasteiger partial charge in [0.05, 0.1) is 17.6 Å². The summed E-state index contributed by atoms with van der Waals surface area (Å²) < 4.78 is 5.47. The van der Waals surface area contributed by atoms with Crippen molar-refractivity contribution >= 4 is 22.7 Å². The molecule has 0 bridgehead atoms. The van der Waals surface area contributed by atoms with E-state index in [2.05, 4.69) is 15.3 Å². The largest absolute Gasteiger partial charge is 0.369 e. The van der Waals surface area contributed by atoms with Crippen molar-refractivity contribution in [2.75, 3.05) is 13.2 Å². The summed E-state index contributed by atoms with van der Waals surface area (Å²) in [6, 6.07) is 17.8. The molecule has 0 aliphatic rings. The summed E-state index contributed by atoms with van der Waals surface area (Å²) in [5, 5.41) is 2.95. The minimum Gasteiger partial charge on any atom is -0.369 e. The Hall–Kier alpha value is -2.99. The number of imidazole rings is 1. The van der Waals surface area contributed by atoms with Gasteiger partial charge in [-0.25, -0.2) is 4.98 Å². The molecule has 2 N–H and O–H groups in total. The Morgan fingerprint density at radius 3 is 2.45 bits per heavy atom. The van der Waals surface area contributed by atoms with E-state index >= 15 is 0 Å².